The minimum Gasteiger partial charge on any atom is -0.323 e. The average Bonchev–Trinajstić information content (AvgIpc) is 2.47. The fourth-order valence-corrected chi connectivity index (χ4v) is 2.38. The van der Waals surface area contributed by atoms with E-state index >= 15 is 0 Å². The quantitative estimate of drug-likeness (QED) is 0.656. The van der Waals surface area contributed by atoms with Gasteiger partial charge in [-0.3, -0.25) is 9.59 Å². The first-order valence-electron chi connectivity index (χ1n) is 6.74. The van der Waals surface area contributed by atoms with E-state index in [1.807, 2.05) is 13.8 Å². The smallest absolute Gasteiger partial charge is 0.251 e. The lowest BCUT2D eigenvalue weighted by atomic mass is 10.1. The third-order valence-electron chi connectivity index (χ3n) is 2.82. The SMILES string of the molecule is CC(C)c1cc(=O)[nH]c(SCC(=O)Nc2ccccc2F)n1. The van der Waals surface area contributed by atoms with Crippen LogP contribution in [0.2, 0.25) is 0 Å². The molecule has 0 aliphatic rings. The lowest BCUT2D eigenvalue weighted by molar-refractivity contribution is -0.113. The van der Waals surface area contributed by atoms with Crippen molar-refractivity contribution in [1.29, 1.82) is 0 Å². The number of carbonyl (C=O) groups is 1. The molecule has 0 saturated carbocycles. The van der Waals surface area contributed by atoms with Crippen LogP contribution in [-0.4, -0.2) is 21.6 Å². The van der Waals surface area contributed by atoms with E-state index in [0.717, 1.165) is 11.8 Å². The molecule has 0 bridgehead atoms. The highest BCUT2D eigenvalue weighted by atomic mass is 32.2. The van der Waals surface area contributed by atoms with Gasteiger partial charge < -0.3 is 10.3 Å². The maximum atomic E-state index is 13.4. The molecule has 2 aromatic rings. The Labute approximate surface area is 131 Å². The number of rotatable bonds is 5. The number of hydrogen-bond acceptors (Lipinski definition) is 4. The Morgan fingerprint density at radius 2 is 2.14 bits per heavy atom. The van der Waals surface area contributed by atoms with Crippen LogP contribution in [0.1, 0.15) is 25.5 Å². The summed E-state index contributed by atoms with van der Waals surface area (Å²) in [5, 5.41) is 2.85. The second kappa shape index (κ2) is 7.22. The number of aromatic nitrogens is 2. The Morgan fingerprint density at radius 1 is 1.41 bits per heavy atom. The van der Waals surface area contributed by atoms with Crippen molar-refractivity contribution in [2.45, 2.75) is 24.9 Å². The van der Waals surface area contributed by atoms with Gasteiger partial charge in [0.2, 0.25) is 5.91 Å². The highest BCUT2D eigenvalue weighted by Crippen LogP contribution is 2.17. The van der Waals surface area contributed by atoms with Crippen LogP contribution in [-0.2, 0) is 4.79 Å². The number of thioether (sulfide) groups is 1. The largest absolute Gasteiger partial charge is 0.323 e. The van der Waals surface area contributed by atoms with Crippen molar-refractivity contribution in [3.8, 4) is 0 Å². The molecule has 22 heavy (non-hydrogen) atoms. The number of halogens is 1. The lowest BCUT2D eigenvalue weighted by Crippen LogP contribution is -2.16. The fraction of sp³-hybridized carbons (Fsp3) is 0.267. The van der Waals surface area contributed by atoms with Gasteiger partial charge in [-0.2, -0.15) is 0 Å². The lowest BCUT2D eigenvalue weighted by Gasteiger charge is -2.07. The molecular weight excluding hydrogens is 305 g/mol. The van der Waals surface area contributed by atoms with Gasteiger partial charge >= 0.3 is 0 Å². The zero-order valence-electron chi connectivity index (χ0n) is 12.2. The second-order valence-electron chi connectivity index (χ2n) is 4.95. The molecule has 1 aromatic carbocycles. The number of H-pyrrole nitrogens is 1. The maximum absolute atomic E-state index is 13.4. The van der Waals surface area contributed by atoms with E-state index < -0.39 is 5.82 Å². The third-order valence-corrected chi connectivity index (χ3v) is 3.69. The van der Waals surface area contributed by atoms with Crippen molar-refractivity contribution < 1.29 is 9.18 Å². The van der Waals surface area contributed by atoms with Crippen LogP contribution < -0.4 is 10.9 Å². The Morgan fingerprint density at radius 3 is 2.82 bits per heavy atom. The molecule has 0 atom stereocenters. The van der Waals surface area contributed by atoms with E-state index in [2.05, 4.69) is 15.3 Å². The Kier molecular flexibility index (Phi) is 5.32. The van der Waals surface area contributed by atoms with Crippen molar-refractivity contribution in [2.24, 2.45) is 0 Å². The number of anilines is 1. The maximum Gasteiger partial charge on any atom is 0.251 e. The van der Waals surface area contributed by atoms with Crippen LogP contribution in [0.15, 0.2) is 40.3 Å². The van der Waals surface area contributed by atoms with Crippen molar-refractivity contribution in [3.05, 3.63) is 52.2 Å². The van der Waals surface area contributed by atoms with Crippen molar-refractivity contribution >= 4 is 23.4 Å². The van der Waals surface area contributed by atoms with Crippen LogP contribution in [0.4, 0.5) is 10.1 Å². The number of aromatic amines is 1. The van der Waals surface area contributed by atoms with Crippen molar-refractivity contribution in [2.75, 3.05) is 11.1 Å². The summed E-state index contributed by atoms with van der Waals surface area (Å²) in [6, 6.07) is 7.38. The normalized spacial score (nSPS) is 10.7. The topological polar surface area (TPSA) is 74.8 Å². The summed E-state index contributed by atoms with van der Waals surface area (Å²) in [5.41, 5.74) is 0.543. The summed E-state index contributed by atoms with van der Waals surface area (Å²) in [5.74, 6) is -0.713. The monoisotopic (exact) mass is 321 g/mol. The summed E-state index contributed by atoms with van der Waals surface area (Å²) >= 11 is 1.10. The van der Waals surface area contributed by atoms with E-state index in [9.17, 15) is 14.0 Å². The molecule has 1 heterocycles. The number of amides is 1. The average molecular weight is 321 g/mol. The van der Waals surface area contributed by atoms with E-state index in [0.29, 0.717) is 10.9 Å². The predicted molar refractivity (Wildman–Crippen MR) is 84.7 cm³/mol. The standard InChI is InChI=1S/C15H16FN3O2S/c1-9(2)12-7-13(20)19-15(18-12)22-8-14(21)17-11-6-4-3-5-10(11)16/h3-7,9H,8H2,1-2H3,(H,17,21)(H,18,19,20). The summed E-state index contributed by atoms with van der Waals surface area (Å²) in [6.07, 6.45) is 0. The molecule has 0 aliphatic heterocycles. The first-order chi connectivity index (χ1) is 10.5. The van der Waals surface area contributed by atoms with Gasteiger partial charge in [0.05, 0.1) is 17.1 Å². The van der Waals surface area contributed by atoms with Crippen molar-refractivity contribution in [1.82, 2.24) is 9.97 Å². The van der Waals surface area contributed by atoms with E-state index in [4.69, 9.17) is 0 Å². The van der Waals surface area contributed by atoms with Gasteiger partial charge in [0.1, 0.15) is 5.82 Å². The number of hydrogen-bond donors (Lipinski definition) is 2. The molecule has 0 saturated heterocycles. The fourth-order valence-electron chi connectivity index (χ4n) is 1.70. The van der Waals surface area contributed by atoms with Gasteiger partial charge in [0.15, 0.2) is 5.16 Å². The zero-order chi connectivity index (χ0) is 16.1. The molecule has 0 spiro atoms. The summed E-state index contributed by atoms with van der Waals surface area (Å²) < 4.78 is 13.4. The van der Waals surface area contributed by atoms with Crippen LogP contribution in [0.3, 0.4) is 0 Å². The van der Waals surface area contributed by atoms with Crippen LogP contribution in [0.25, 0.3) is 0 Å². The van der Waals surface area contributed by atoms with Gasteiger partial charge in [-0.15, -0.1) is 0 Å². The first kappa shape index (κ1) is 16.2. The van der Waals surface area contributed by atoms with E-state index in [1.165, 1.54) is 18.2 Å². The molecule has 7 heteroatoms. The summed E-state index contributed by atoms with van der Waals surface area (Å²) in [7, 11) is 0. The van der Waals surface area contributed by atoms with Gasteiger partial charge in [0, 0.05) is 6.07 Å². The predicted octanol–water partition coefficient (Wildman–Crippen LogP) is 2.76. The molecule has 0 aliphatic carbocycles. The third kappa shape index (κ3) is 4.42. The van der Waals surface area contributed by atoms with Crippen molar-refractivity contribution in [3.63, 3.8) is 0 Å². The Hall–Kier alpha value is -2.15. The molecule has 0 fully saturated rings. The van der Waals surface area contributed by atoms with E-state index in [1.54, 1.807) is 12.1 Å². The minimum absolute atomic E-state index is 0.0266. The molecule has 5 nitrogen and oxygen atoms in total. The van der Waals surface area contributed by atoms with Gasteiger partial charge in [-0.05, 0) is 18.1 Å². The van der Waals surface area contributed by atoms with Gasteiger partial charge in [-0.1, -0.05) is 37.7 Å². The number of nitrogens with one attached hydrogen (secondary N) is 2. The van der Waals surface area contributed by atoms with Crippen LogP contribution >= 0.6 is 11.8 Å². The number of benzene rings is 1. The Bertz CT molecular complexity index is 731. The molecule has 0 unspecified atom stereocenters. The molecule has 2 N–H and O–H groups in total. The molecule has 2 rings (SSSR count). The highest BCUT2D eigenvalue weighted by molar-refractivity contribution is 7.99. The highest BCUT2D eigenvalue weighted by Gasteiger charge is 2.10. The molecule has 1 amide bonds. The van der Waals surface area contributed by atoms with Crippen LogP contribution in [0.5, 0.6) is 0 Å². The number of carbonyl (C=O) groups excluding carboxylic acids is 1. The molecule has 0 radical (unpaired) electrons. The van der Waals surface area contributed by atoms with E-state index in [-0.39, 0.29) is 28.8 Å². The second-order valence-corrected chi connectivity index (χ2v) is 5.91. The van der Waals surface area contributed by atoms with Gasteiger partial charge in [-0.25, -0.2) is 9.37 Å². The molecular formula is C15H16FN3O2S. The zero-order valence-corrected chi connectivity index (χ0v) is 13.0. The molecule has 1 aromatic heterocycles. The van der Waals surface area contributed by atoms with Crippen LogP contribution in [0, 0.1) is 5.82 Å². The molecule has 116 valence electrons. The summed E-state index contributed by atoms with van der Waals surface area (Å²) in [4.78, 5) is 30.2. The number of para-hydroxylation sites is 1. The first-order valence-corrected chi connectivity index (χ1v) is 7.72. The van der Waals surface area contributed by atoms with Gasteiger partial charge in [0.25, 0.3) is 5.56 Å². The number of nitrogens with zero attached hydrogens (tertiary/aromatic N) is 1. The minimum atomic E-state index is -0.491. The summed E-state index contributed by atoms with van der Waals surface area (Å²) in [6.45, 7) is 3.86. The Balaban J connectivity index is 2.00.